The minimum Gasteiger partial charge on any atom is -0.497 e. The maximum Gasteiger partial charge on any atom is 0.455 e. The molecule has 11 nitrogen and oxygen atoms in total. The lowest BCUT2D eigenvalue weighted by molar-refractivity contribution is -0.145. The summed E-state index contributed by atoms with van der Waals surface area (Å²) in [6, 6.07) is 14.8. The van der Waals surface area contributed by atoms with E-state index in [9.17, 15) is 22.8 Å². The van der Waals surface area contributed by atoms with Crippen LogP contribution in [-0.2, 0) is 25.7 Å². The van der Waals surface area contributed by atoms with Crippen LogP contribution in [0.25, 0.3) is 5.82 Å². The zero-order valence-electron chi connectivity index (χ0n) is 23.6. The molecule has 232 valence electrons. The van der Waals surface area contributed by atoms with Gasteiger partial charge in [-0.3, -0.25) is 9.59 Å². The smallest absolute Gasteiger partial charge is 0.455 e. The third-order valence-corrected chi connectivity index (χ3v) is 7.14. The summed E-state index contributed by atoms with van der Waals surface area (Å²) in [5.41, 5.74) is 2.20. The maximum atomic E-state index is 13.9. The number of tetrazole rings is 1. The van der Waals surface area contributed by atoms with Gasteiger partial charge in [-0.05, 0) is 71.3 Å². The Morgan fingerprint density at radius 1 is 1.04 bits per heavy atom. The molecule has 3 heterocycles. The highest BCUT2D eigenvalue weighted by Crippen LogP contribution is 2.27. The third-order valence-electron chi connectivity index (χ3n) is 6.63. The number of rotatable bonds is 10. The lowest BCUT2D eigenvalue weighted by Crippen LogP contribution is -2.25. The lowest BCUT2D eigenvalue weighted by Gasteiger charge is -2.14. The van der Waals surface area contributed by atoms with Gasteiger partial charge in [0.15, 0.2) is 11.6 Å². The molecule has 0 aliphatic carbocycles. The van der Waals surface area contributed by atoms with E-state index >= 15 is 0 Å². The molecule has 3 aromatic heterocycles. The Morgan fingerprint density at radius 2 is 1.80 bits per heavy atom. The van der Waals surface area contributed by atoms with Crippen molar-refractivity contribution in [2.45, 2.75) is 32.6 Å². The molecule has 5 rings (SSSR count). The Labute approximate surface area is 263 Å². The summed E-state index contributed by atoms with van der Waals surface area (Å²) >= 11 is 12.7. The normalized spacial score (nSPS) is 11.4. The van der Waals surface area contributed by atoms with Gasteiger partial charge in [-0.2, -0.15) is 23.1 Å². The summed E-state index contributed by atoms with van der Waals surface area (Å²) in [5.74, 6) is -1.55. The first-order valence-electron chi connectivity index (χ1n) is 13.2. The van der Waals surface area contributed by atoms with E-state index in [0.29, 0.717) is 26.7 Å². The quantitative estimate of drug-likeness (QED) is 0.200. The van der Waals surface area contributed by atoms with Gasteiger partial charge in [0.25, 0.3) is 11.7 Å². The summed E-state index contributed by atoms with van der Waals surface area (Å²) in [5, 5.41) is 17.5. The van der Waals surface area contributed by atoms with Crippen molar-refractivity contribution in [3.05, 3.63) is 110 Å². The SMILES string of the molecule is COc1ccc(CNC(=O)c2cc(Cl)cc(C)c2CC(=O)c2cc(Cn3nnc(C(F)(F)F)n3)nn2-c2ncccc2Cl)cc1. The molecule has 0 aliphatic rings. The summed E-state index contributed by atoms with van der Waals surface area (Å²) < 4.78 is 45.3. The molecule has 5 aromatic rings. The fourth-order valence-corrected chi connectivity index (χ4v) is 4.93. The lowest BCUT2D eigenvalue weighted by atomic mass is 9.95. The predicted molar refractivity (Wildman–Crippen MR) is 157 cm³/mol. The van der Waals surface area contributed by atoms with Gasteiger partial charge in [0.2, 0.25) is 0 Å². The number of hydrogen-bond donors (Lipinski definition) is 1. The van der Waals surface area contributed by atoms with E-state index in [4.69, 9.17) is 27.9 Å². The Kier molecular flexibility index (Phi) is 9.16. The second-order valence-electron chi connectivity index (χ2n) is 9.76. The second-order valence-corrected chi connectivity index (χ2v) is 10.6. The van der Waals surface area contributed by atoms with Crippen LogP contribution in [0.15, 0.2) is 60.8 Å². The van der Waals surface area contributed by atoms with Gasteiger partial charge in [-0.15, -0.1) is 10.2 Å². The first-order valence-corrected chi connectivity index (χ1v) is 14.0. The number of halogens is 5. The number of amides is 1. The number of aromatic nitrogens is 7. The predicted octanol–water partition coefficient (Wildman–Crippen LogP) is 5.30. The molecule has 0 radical (unpaired) electrons. The van der Waals surface area contributed by atoms with Gasteiger partial charge in [-0.25, -0.2) is 9.67 Å². The summed E-state index contributed by atoms with van der Waals surface area (Å²) in [4.78, 5) is 32.1. The van der Waals surface area contributed by atoms with Crippen LogP contribution >= 0.6 is 23.2 Å². The number of hydrogen-bond acceptors (Lipinski definition) is 8. The number of ether oxygens (including phenoxy) is 1. The zero-order chi connectivity index (χ0) is 32.3. The van der Waals surface area contributed by atoms with Crippen LogP contribution in [0.2, 0.25) is 10.0 Å². The van der Waals surface area contributed by atoms with Crippen LogP contribution in [-0.4, -0.2) is 53.8 Å². The van der Waals surface area contributed by atoms with E-state index in [-0.39, 0.29) is 47.3 Å². The van der Waals surface area contributed by atoms with E-state index in [0.717, 1.165) is 5.56 Å². The van der Waals surface area contributed by atoms with Gasteiger partial charge < -0.3 is 10.1 Å². The monoisotopic (exact) mass is 658 g/mol. The van der Waals surface area contributed by atoms with Crippen molar-refractivity contribution in [3.8, 4) is 11.6 Å². The van der Waals surface area contributed by atoms with Crippen LogP contribution in [0.3, 0.4) is 0 Å². The molecule has 16 heteroatoms. The summed E-state index contributed by atoms with van der Waals surface area (Å²) in [6.07, 6.45) is -3.58. The number of ketones is 1. The molecule has 0 aliphatic heterocycles. The fraction of sp³-hybridized carbons (Fsp3) is 0.207. The van der Waals surface area contributed by atoms with E-state index in [2.05, 4.69) is 30.8 Å². The Morgan fingerprint density at radius 3 is 2.47 bits per heavy atom. The van der Waals surface area contributed by atoms with Gasteiger partial charge in [0.05, 0.1) is 17.8 Å². The molecule has 0 atom stereocenters. The van der Waals surface area contributed by atoms with E-state index in [1.54, 1.807) is 44.4 Å². The number of methoxy groups -OCH3 is 1. The number of benzene rings is 2. The van der Waals surface area contributed by atoms with Gasteiger partial charge in [0.1, 0.15) is 18.0 Å². The highest BCUT2D eigenvalue weighted by molar-refractivity contribution is 6.32. The average Bonchev–Trinajstić information content (AvgIpc) is 3.65. The van der Waals surface area contributed by atoms with E-state index in [1.807, 2.05) is 12.1 Å². The van der Waals surface area contributed by atoms with Crippen LogP contribution in [0.1, 0.15) is 49.1 Å². The Hall–Kier alpha value is -4.82. The molecule has 0 bridgehead atoms. The highest BCUT2D eigenvalue weighted by Gasteiger charge is 2.37. The van der Waals surface area contributed by atoms with Crippen LogP contribution in [0, 0.1) is 6.92 Å². The van der Waals surface area contributed by atoms with Crippen molar-refractivity contribution in [2.24, 2.45) is 0 Å². The zero-order valence-corrected chi connectivity index (χ0v) is 25.2. The van der Waals surface area contributed by atoms with Crippen LogP contribution in [0.4, 0.5) is 13.2 Å². The van der Waals surface area contributed by atoms with Crippen molar-refractivity contribution in [2.75, 3.05) is 7.11 Å². The van der Waals surface area contributed by atoms with Gasteiger partial charge in [0, 0.05) is 29.7 Å². The van der Waals surface area contributed by atoms with E-state index in [1.165, 1.54) is 23.0 Å². The number of pyridine rings is 1. The molecular formula is C29H23Cl2F3N8O3. The maximum absolute atomic E-state index is 13.9. The van der Waals surface area contributed by atoms with Crippen LogP contribution < -0.4 is 10.1 Å². The van der Waals surface area contributed by atoms with Crippen molar-refractivity contribution in [1.29, 1.82) is 0 Å². The fourth-order valence-electron chi connectivity index (χ4n) is 4.45. The van der Waals surface area contributed by atoms with Crippen molar-refractivity contribution in [1.82, 2.24) is 40.3 Å². The first kappa shape index (κ1) is 31.6. The minimum atomic E-state index is -4.78. The van der Waals surface area contributed by atoms with Crippen molar-refractivity contribution in [3.63, 3.8) is 0 Å². The Balaban J connectivity index is 1.45. The number of carbonyl (C=O) groups is 2. The molecule has 0 saturated heterocycles. The molecule has 1 amide bonds. The van der Waals surface area contributed by atoms with E-state index < -0.39 is 23.7 Å². The van der Waals surface area contributed by atoms with Crippen molar-refractivity contribution >= 4 is 34.9 Å². The number of alkyl halides is 3. The van der Waals surface area contributed by atoms with Crippen molar-refractivity contribution < 1.29 is 27.5 Å². The second kappa shape index (κ2) is 13.0. The number of carbonyl (C=O) groups excluding carboxylic acids is 2. The third kappa shape index (κ3) is 7.29. The molecule has 45 heavy (non-hydrogen) atoms. The Bertz CT molecular complexity index is 1870. The van der Waals surface area contributed by atoms with Gasteiger partial charge >= 0.3 is 6.18 Å². The molecule has 2 aromatic carbocycles. The standard InChI is InChI=1S/C29H23Cl2F3N8O3/c1-16-10-18(30)11-22(27(44)36-14-17-5-7-20(45-2)8-6-17)21(16)13-25(43)24-12-19(15-41-39-28(37-40-41)29(32,33)34)38-42(24)26-23(31)4-3-9-35-26/h3-12H,13-15H2,1-2H3,(H,36,44). The highest BCUT2D eigenvalue weighted by atomic mass is 35.5. The molecular weight excluding hydrogens is 636 g/mol. The number of nitrogens with one attached hydrogen (secondary N) is 1. The molecule has 0 fully saturated rings. The largest absolute Gasteiger partial charge is 0.497 e. The average molecular weight is 659 g/mol. The first-order chi connectivity index (χ1) is 21.4. The summed E-state index contributed by atoms with van der Waals surface area (Å²) in [7, 11) is 1.56. The molecule has 0 unspecified atom stereocenters. The number of Topliss-reactive ketones (excluding diaryl/α,β-unsaturated/α-hetero) is 1. The van der Waals surface area contributed by atoms with Gasteiger partial charge in [-0.1, -0.05) is 35.3 Å². The number of aryl methyl sites for hydroxylation is 1. The minimum absolute atomic E-state index is 0.0145. The number of nitrogens with zero attached hydrogens (tertiary/aromatic N) is 7. The topological polar surface area (TPSA) is 130 Å². The molecule has 0 saturated carbocycles. The molecule has 1 N–H and O–H groups in total. The summed E-state index contributed by atoms with van der Waals surface area (Å²) in [6.45, 7) is 1.60. The van der Waals surface area contributed by atoms with Crippen LogP contribution in [0.5, 0.6) is 5.75 Å². The molecule has 0 spiro atoms.